The van der Waals surface area contributed by atoms with Crippen molar-refractivity contribution in [1.82, 2.24) is 19.7 Å². The van der Waals surface area contributed by atoms with Crippen LogP contribution in [0.25, 0.3) is 0 Å². The maximum absolute atomic E-state index is 8.93. The minimum Gasteiger partial charge on any atom is -0.372 e. The normalized spacial score (nSPS) is 10.4. The Morgan fingerprint density at radius 3 is 2.70 bits per heavy atom. The molecule has 0 unspecified atom stereocenters. The first-order valence-corrected chi connectivity index (χ1v) is 6.32. The summed E-state index contributed by atoms with van der Waals surface area (Å²) in [5, 5.41) is 19.3. The number of aromatic nitrogens is 4. The van der Waals surface area contributed by atoms with E-state index in [0.717, 1.165) is 11.4 Å². The number of hydrogen-bond acceptors (Lipinski definition) is 6. The van der Waals surface area contributed by atoms with E-state index in [-0.39, 0.29) is 0 Å². The zero-order chi connectivity index (χ0) is 14.7. The number of anilines is 3. The lowest BCUT2D eigenvalue weighted by Crippen LogP contribution is -2.03. The molecule has 0 atom stereocenters. The summed E-state index contributed by atoms with van der Waals surface area (Å²) in [7, 11) is 1.72. The van der Waals surface area contributed by atoms with E-state index in [4.69, 9.17) is 5.26 Å². The van der Waals surface area contributed by atoms with Gasteiger partial charge in [-0.2, -0.15) is 15.3 Å². The molecule has 2 rings (SSSR count). The van der Waals surface area contributed by atoms with Crippen LogP contribution in [0.15, 0.2) is 12.4 Å². The molecule has 2 N–H and O–H groups in total. The molecular weight excluding hydrogens is 254 g/mol. The lowest BCUT2D eigenvalue weighted by Gasteiger charge is -2.06. The number of nitrogens with one attached hydrogen (secondary N) is 2. The van der Waals surface area contributed by atoms with Crippen molar-refractivity contribution in [3.8, 4) is 6.07 Å². The molecule has 0 spiro atoms. The van der Waals surface area contributed by atoms with Crippen LogP contribution in [0.2, 0.25) is 0 Å². The molecule has 7 heteroatoms. The Morgan fingerprint density at radius 2 is 2.15 bits per heavy atom. The van der Waals surface area contributed by atoms with Gasteiger partial charge in [0, 0.05) is 19.3 Å². The third-order valence-corrected chi connectivity index (χ3v) is 2.84. The number of aryl methyl sites for hydroxylation is 1. The van der Waals surface area contributed by atoms with Crippen molar-refractivity contribution < 1.29 is 0 Å². The van der Waals surface area contributed by atoms with E-state index in [9.17, 15) is 0 Å². The zero-order valence-electron chi connectivity index (χ0n) is 12.0. The number of hydrogen-bond donors (Lipinski definition) is 2. The van der Waals surface area contributed by atoms with Gasteiger partial charge in [-0.05, 0) is 20.8 Å². The molecule has 2 heterocycles. The van der Waals surface area contributed by atoms with Crippen LogP contribution in [0.4, 0.5) is 17.5 Å². The SMILES string of the molecule is CNc1nc(Nc2cn(C(C)C)nc2C)ncc1C#N. The molecule has 0 saturated heterocycles. The second kappa shape index (κ2) is 5.57. The second-order valence-electron chi connectivity index (χ2n) is 4.64. The van der Waals surface area contributed by atoms with E-state index in [0.29, 0.717) is 23.4 Å². The Morgan fingerprint density at radius 1 is 1.40 bits per heavy atom. The molecule has 2 aromatic rings. The zero-order valence-corrected chi connectivity index (χ0v) is 12.0. The average molecular weight is 271 g/mol. The number of nitriles is 1. The summed E-state index contributed by atoms with van der Waals surface area (Å²) in [6, 6.07) is 2.33. The van der Waals surface area contributed by atoms with Gasteiger partial charge in [0.2, 0.25) is 5.95 Å². The predicted molar refractivity (Wildman–Crippen MR) is 76.9 cm³/mol. The smallest absolute Gasteiger partial charge is 0.229 e. The van der Waals surface area contributed by atoms with Crippen LogP contribution < -0.4 is 10.6 Å². The van der Waals surface area contributed by atoms with E-state index in [1.165, 1.54) is 6.20 Å². The van der Waals surface area contributed by atoms with Gasteiger partial charge in [-0.1, -0.05) is 0 Å². The molecule has 0 saturated carbocycles. The fraction of sp³-hybridized carbons (Fsp3) is 0.385. The standard InChI is InChI=1S/C13H17N7/c1-8(2)20-7-11(9(3)19-20)17-13-16-6-10(5-14)12(15-4)18-13/h6-8H,1-4H3,(H2,15,16,17,18). The Kier molecular flexibility index (Phi) is 3.84. The average Bonchev–Trinajstić information content (AvgIpc) is 2.80. The van der Waals surface area contributed by atoms with Crippen molar-refractivity contribution in [3.63, 3.8) is 0 Å². The third-order valence-electron chi connectivity index (χ3n) is 2.84. The summed E-state index contributed by atoms with van der Waals surface area (Å²) in [5.41, 5.74) is 2.13. The number of rotatable bonds is 4. The maximum atomic E-state index is 8.93. The molecule has 0 amide bonds. The summed E-state index contributed by atoms with van der Waals surface area (Å²) in [6.45, 7) is 6.05. The summed E-state index contributed by atoms with van der Waals surface area (Å²) in [4.78, 5) is 8.39. The van der Waals surface area contributed by atoms with E-state index in [2.05, 4.69) is 39.5 Å². The summed E-state index contributed by atoms with van der Waals surface area (Å²) in [6.07, 6.45) is 3.41. The summed E-state index contributed by atoms with van der Waals surface area (Å²) >= 11 is 0. The fourth-order valence-corrected chi connectivity index (χ4v) is 1.70. The predicted octanol–water partition coefficient (Wildman–Crippen LogP) is 2.22. The van der Waals surface area contributed by atoms with Crippen LogP contribution in [0.3, 0.4) is 0 Å². The highest BCUT2D eigenvalue weighted by Gasteiger charge is 2.10. The van der Waals surface area contributed by atoms with Gasteiger partial charge in [0.1, 0.15) is 17.5 Å². The first-order chi connectivity index (χ1) is 9.55. The van der Waals surface area contributed by atoms with E-state index >= 15 is 0 Å². The van der Waals surface area contributed by atoms with Crippen molar-refractivity contribution in [1.29, 1.82) is 5.26 Å². The van der Waals surface area contributed by atoms with Gasteiger partial charge in [0.15, 0.2) is 0 Å². The van der Waals surface area contributed by atoms with E-state index in [1.807, 2.05) is 23.9 Å². The van der Waals surface area contributed by atoms with Crippen LogP contribution >= 0.6 is 0 Å². The molecule has 0 bridgehead atoms. The van der Waals surface area contributed by atoms with Crippen molar-refractivity contribution in [2.75, 3.05) is 17.7 Å². The topological polar surface area (TPSA) is 91.4 Å². The minimum absolute atomic E-state index is 0.291. The third kappa shape index (κ3) is 2.69. The monoisotopic (exact) mass is 271 g/mol. The van der Waals surface area contributed by atoms with Crippen LogP contribution in [0.1, 0.15) is 31.1 Å². The molecule has 0 aliphatic carbocycles. The van der Waals surface area contributed by atoms with Crippen molar-refractivity contribution in [2.45, 2.75) is 26.8 Å². The molecule has 104 valence electrons. The lowest BCUT2D eigenvalue weighted by molar-refractivity contribution is 0.529. The molecule has 0 aliphatic rings. The number of nitrogens with zero attached hydrogens (tertiary/aromatic N) is 5. The molecule has 20 heavy (non-hydrogen) atoms. The molecule has 0 aromatic carbocycles. The van der Waals surface area contributed by atoms with Gasteiger partial charge in [-0.25, -0.2) is 4.98 Å². The summed E-state index contributed by atoms with van der Waals surface area (Å²) in [5.74, 6) is 0.929. The molecule has 2 aromatic heterocycles. The molecule has 0 fully saturated rings. The van der Waals surface area contributed by atoms with Gasteiger partial charge >= 0.3 is 0 Å². The fourth-order valence-electron chi connectivity index (χ4n) is 1.70. The Labute approximate surface area is 117 Å². The molecular formula is C13H17N7. The van der Waals surface area contributed by atoms with Crippen LogP contribution in [-0.2, 0) is 0 Å². The van der Waals surface area contributed by atoms with Crippen molar-refractivity contribution >= 4 is 17.5 Å². The van der Waals surface area contributed by atoms with Crippen LogP contribution in [0, 0.1) is 18.3 Å². The second-order valence-corrected chi connectivity index (χ2v) is 4.64. The lowest BCUT2D eigenvalue weighted by atomic mass is 10.3. The quantitative estimate of drug-likeness (QED) is 0.886. The van der Waals surface area contributed by atoms with Crippen molar-refractivity contribution in [2.24, 2.45) is 0 Å². The molecule has 7 nitrogen and oxygen atoms in total. The molecule has 0 radical (unpaired) electrons. The minimum atomic E-state index is 0.291. The maximum Gasteiger partial charge on any atom is 0.229 e. The first-order valence-electron chi connectivity index (χ1n) is 6.32. The van der Waals surface area contributed by atoms with Gasteiger partial charge < -0.3 is 10.6 Å². The van der Waals surface area contributed by atoms with Gasteiger partial charge in [0.05, 0.1) is 17.6 Å². The van der Waals surface area contributed by atoms with Gasteiger partial charge in [-0.15, -0.1) is 0 Å². The van der Waals surface area contributed by atoms with Gasteiger partial charge in [-0.3, -0.25) is 4.68 Å². The Bertz CT molecular complexity index is 651. The van der Waals surface area contributed by atoms with Crippen LogP contribution in [-0.4, -0.2) is 26.8 Å². The largest absolute Gasteiger partial charge is 0.372 e. The van der Waals surface area contributed by atoms with E-state index < -0.39 is 0 Å². The van der Waals surface area contributed by atoms with Crippen molar-refractivity contribution in [3.05, 3.63) is 23.7 Å². The van der Waals surface area contributed by atoms with Crippen LogP contribution in [0.5, 0.6) is 0 Å². The summed E-state index contributed by atoms with van der Waals surface area (Å²) < 4.78 is 1.88. The van der Waals surface area contributed by atoms with E-state index in [1.54, 1.807) is 7.05 Å². The molecule has 0 aliphatic heterocycles. The Hall–Kier alpha value is -2.62. The Balaban J connectivity index is 2.28. The highest BCUT2D eigenvalue weighted by atomic mass is 15.3. The van der Waals surface area contributed by atoms with Gasteiger partial charge in [0.25, 0.3) is 0 Å². The highest BCUT2D eigenvalue weighted by molar-refractivity contribution is 5.59. The highest BCUT2D eigenvalue weighted by Crippen LogP contribution is 2.20. The first kappa shape index (κ1) is 13.8.